The molecule has 30 heavy (non-hydrogen) atoms. The highest BCUT2D eigenvalue weighted by molar-refractivity contribution is 8.00. The molecular weight excluding hydrogens is 398 g/mol. The Balaban J connectivity index is 1.37. The van der Waals surface area contributed by atoms with Gasteiger partial charge in [-0.1, -0.05) is 42.1 Å². The fourth-order valence-electron chi connectivity index (χ4n) is 3.29. The van der Waals surface area contributed by atoms with E-state index in [-0.39, 0.29) is 11.2 Å². The van der Waals surface area contributed by atoms with Gasteiger partial charge in [0.25, 0.3) is 0 Å². The maximum atomic E-state index is 12.7. The highest BCUT2D eigenvalue weighted by atomic mass is 32.2. The van der Waals surface area contributed by atoms with Gasteiger partial charge >= 0.3 is 0 Å². The number of morpholine rings is 1. The number of aromatic nitrogens is 3. The Labute approximate surface area is 180 Å². The quantitative estimate of drug-likeness (QED) is 0.613. The second-order valence-corrected chi connectivity index (χ2v) is 8.43. The van der Waals surface area contributed by atoms with Gasteiger partial charge in [0.05, 0.1) is 18.5 Å². The molecule has 4 rings (SSSR count). The topological polar surface area (TPSA) is 72.3 Å². The summed E-state index contributed by atoms with van der Waals surface area (Å²) in [5.74, 6) is 0.716. The zero-order valence-corrected chi connectivity index (χ0v) is 17.9. The third-order valence-electron chi connectivity index (χ3n) is 5.03. The van der Waals surface area contributed by atoms with Crippen molar-refractivity contribution in [3.05, 3.63) is 54.6 Å². The van der Waals surface area contributed by atoms with E-state index >= 15 is 0 Å². The summed E-state index contributed by atoms with van der Waals surface area (Å²) in [6.45, 7) is 5.16. The van der Waals surface area contributed by atoms with E-state index in [2.05, 4.69) is 20.4 Å². The molecule has 0 unspecified atom stereocenters. The summed E-state index contributed by atoms with van der Waals surface area (Å²) in [5.41, 5.74) is 2.93. The van der Waals surface area contributed by atoms with Gasteiger partial charge in [0.2, 0.25) is 5.91 Å². The van der Waals surface area contributed by atoms with Crippen LogP contribution in [0, 0.1) is 0 Å². The maximum Gasteiger partial charge on any atom is 0.237 e. The summed E-state index contributed by atoms with van der Waals surface area (Å²) in [4.78, 5) is 15.0. The first-order valence-electron chi connectivity index (χ1n) is 9.97. The molecule has 1 aliphatic rings. The standard InChI is InChI=1S/C22H25N5O2S/c1-16(30-22-25-24-20(26(22)2)17-6-4-3-5-7-17)21(28)23-18-8-10-19(11-9-18)27-12-14-29-15-13-27/h3-11,16H,12-15H2,1-2H3,(H,23,28)/t16-/m0/s1. The summed E-state index contributed by atoms with van der Waals surface area (Å²) >= 11 is 1.39. The first kappa shape index (κ1) is 20.4. The van der Waals surface area contributed by atoms with E-state index in [1.54, 1.807) is 0 Å². The van der Waals surface area contributed by atoms with E-state index in [4.69, 9.17) is 4.74 Å². The van der Waals surface area contributed by atoms with E-state index in [1.165, 1.54) is 11.8 Å². The van der Waals surface area contributed by atoms with Crippen LogP contribution in [0.4, 0.5) is 11.4 Å². The van der Waals surface area contributed by atoms with Crippen molar-refractivity contribution in [2.45, 2.75) is 17.3 Å². The smallest absolute Gasteiger partial charge is 0.237 e. The molecule has 156 valence electrons. The molecule has 1 saturated heterocycles. The lowest BCUT2D eigenvalue weighted by Gasteiger charge is -2.28. The molecule has 0 spiro atoms. The van der Waals surface area contributed by atoms with Gasteiger partial charge in [-0.15, -0.1) is 10.2 Å². The van der Waals surface area contributed by atoms with Crippen molar-refractivity contribution >= 4 is 29.0 Å². The molecule has 3 aromatic rings. The van der Waals surface area contributed by atoms with Gasteiger partial charge in [0, 0.05) is 37.1 Å². The van der Waals surface area contributed by atoms with Crippen LogP contribution in [0.5, 0.6) is 0 Å². The molecule has 1 N–H and O–H groups in total. The van der Waals surface area contributed by atoms with E-state index in [9.17, 15) is 4.79 Å². The average Bonchev–Trinajstić information content (AvgIpc) is 3.15. The number of carbonyl (C=O) groups excluding carboxylic acids is 1. The molecule has 1 atom stereocenters. The summed E-state index contributed by atoms with van der Waals surface area (Å²) < 4.78 is 7.31. The van der Waals surface area contributed by atoms with Crippen LogP contribution in [0.1, 0.15) is 6.92 Å². The Hall–Kier alpha value is -2.84. The van der Waals surface area contributed by atoms with Crippen molar-refractivity contribution in [1.82, 2.24) is 14.8 Å². The lowest BCUT2D eigenvalue weighted by molar-refractivity contribution is -0.115. The van der Waals surface area contributed by atoms with Gasteiger partial charge in [-0.05, 0) is 31.2 Å². The van der Waals surface area contributed by atoms with E-state index in [0.29, 0.717) is 5.16 Å². The van der Waals surface area contributed by atoms with E-state index in [1.807, 2.05) is 73.1 Å². The van der Waals surface area contributed by atoms with Gasteiger partial charge in [-0.25, -0.2) is 0 Å². The molecule has 0 saturated carbocycles. The molecule has 0 bridgehead atoms. The number of ether oxygens (including phenoxy) is 1. The molecule has 7 nitrogen and oxygen atoms in total. The molecule has 1 aromatic heterocycles. The van der Waals surface area contributed by atoms with Crippen LogP contribution in [0.25, 0.3) is 11.4 Å². The molecule has 8 heteroatoms. The second-order valence-electron chi connectivity index (χ2n) is 7.13. The van der Waals surface area contributed by atoms with Crippen LogP contribution in [-0.2, 0) is 16.6 Å². The minimum Gasteiger partial charge on any atom is -0.378 e. The van der Waals surface area contributed by atoms with Crippen LogP contribution >= 0.6 is 11.8 Å². The van der Waals surface area contributed by atoms with Gasteiger partial charge in [-0.2, -0.15) is 0 Å². The minimum absolute atomic E-state index is 0.0663. The second kappa shape index (κ2) is 9.32. The minimum atomic E-state index is -0.310. The Morgan fingerprint density at radius 1 is 1.07 bits per heavy atom. The monoisotopic (exact) mass is 423 g/mol. The number of carbonyl (C=O) groups is 1. The first-order valence-corrected chi connectivity index (χ1v) is 10.8. The van der Waals surface area contributed by atoms with Crippen molar-refractivity contribution in [1.29, 1.82) is 0 Å². The molecular formula is C22H25N5O2S. The number of amides is 1. The number of hydrogen-bond acceptors (Lipinski definition) is 6. The van der Waals surface area contributed by atoms with Crippen molar-refractivity contribution in [3.8, 4) is 11.4 Å². The Kier molecular flexibility index (Phi) is 6.35. The molecule has 2 heterocycles. The lowest BCUT2D eigenvalue weighted by Crippen LogP contribution is -2.36. The predicted octanol–water partition coefficient (Wildman–Crippen LogP) is 3.44. The molecule has 0 aliphatic carbocycles. The predicted molar refractivity (Wildman–Crippen MR) is 120 cm³/mol. The molecule has 1 fully saturated rings. The number of nitrogens with one attached hydrogen (secondary N) is 1. The first-order chi connectivity index (χ1) is 14.6. The highest BCUT2D eigenvalue weighted by Gasteiger charge is 2.20. The molecule has 2 aromatic carbocycles. The van der Waals surface area contributed by atoms with Crippen molar-refractivity contribution in [2.75, 3.05) is 36.5 Å². The van der Waals surface area contributed by atoms with E-state index < -0.39 is 0 Å². The number of nitrogens with zero attached hydrogens (tertiary/aromatic N) is 4. The van der Waals surface area contributed by atoms with E-state index in [0.717, 1.165) is 49.1 Å². The van der Waals surface area contributed by atoms with Crippen molar-refractivity contribution < 1.29 is 9.53 Å². The number of thioether (sulfide) groups is 1. The third kappa shape index (κ3) is 4.66. The number of rotatable bonds is 6. The van der Waals surface area contributed by atoms with Crippen LogP contribution in [0.15, 0.2) is 59.8 Å². The van der Waals surface area contributed by atoms with Crippen molar-refractivity contribution in [2.24, 2.45) is 7.05 Å². The summed E-state index contributed by atoms with van der Waals surface area (Å²) in [7, 11) is 1.92. The summed E-state index contributed by atoms with van der Waals surface area (Å²) in [6.07, 6.45) is 0. The zero-order chi connectivity index (χ0) is 20.9. The summed E-state index contributed by atoms with van der Waals surface area (Å²) in [5, 5.41) is 11.9. The number of benzene rings is 2. The number of hydrogen-bond donors (Lipinski definition) is 1. The van der Waals surface area contributed by atoms with Gasteiger partial charge < -0.3 is 19.5 Å². The fourth-order valence-corrected chi connectivity index (χ4v) is 4.10. The van der Waals surface area contributed by atoms with Crippen molar-refractivity contribution in [3.63, 3.8) is 0 Å². The summed E-state index contributed by atoms with van der Waals surface area (Å²) in [6, 6.07) is 17.8. The Morgan fingerprint density at radius 2 is 1.77 bits per heavy atom. The maximum absolute atomic E-state index is 12.7. The number of anilines is 2. The molecule has 1 aliphatic heterocycles. The average molecular weight is 424 g/mol. The van der Waals surface area contributed by atoms with Gasteiger partial charge in [0.15, 0.2) is 11.0 Å². The normalized spacial score (nSPS) is 15.1. The zero-order valence-electron chi connectivity index (χ0n) is 17.1. The highest BCUT2D eigenvalue weighted by Crippen LogP contribution is 2.26. The fraction of sp³-hybridized carbons (Fsp3) is 0.318. The molecule has 1 amide bonds. The van der Waals surface area contributed by atoms with Crippen LogP contribution in [0.2, 0.25) is 0 Å². The van der Waals surface area contributed by atoms with Crippen LogP contribution < -0.4 is 10.2 Å². The van der Waals surface area contributed by atoms with Gasteiger partial charge in [-0.3, -0.25) is 4.79 Å². The Morgan fingerprint density at radius 3 is 2.47 bits per heavy atom. The van der Waals surface area contributed by atoms with Crippen LogP contribution in [-0.4, -0.2) is 52.2 Å². The van der Waals surface area contributed by atoms with Gasteiger partial charge in [0.1, 0.15) is 0 Å². The molecule has 0 radical (unpaired) electrons. The lowest BCUT2D eigenvalue weighted by atomic mass is 10.2. The third-order valence-corrected chi connectivity index (χ3v) is 6.16. The SMILES string of the molecule is C[C@H](Sc1nnc(-c2ccccc2)n1C)C(=O)Nc1ccc(N2CCOCC2)cc1. The largest absolute Gasteiger partial charge is 0.378 e. The van der Waals surface area contributed by atoms with Crippen LogP contribution in [0.3, 0.4) is 0 Å². The Bertz CT molecular complexity index is 985.